The number of alkyl halides is 3. The van der Waals surface area contributed by atoms with Crippen LogP contribution in [-0.2, 0) is 18.0 Å². The van der Waals surface area contributed by atoms with Crippen LogP contribution in [0.5, 0.6) is 5.75 Å². The highest BCUT2D eigenvalue weighted by atomic mass is 35.5. The van der Waals surface area contributed by atoms with Crippen molar-refractivity contribution in [2.45, 2.75) is 24.4 Å². The fourth-order valence-corrected chi connectivity index (χ4v) is 3.89. The molecule has 0 saturated heterocycles. The van der Waals surface area contributed by atoms with Gasteiger partial charge in [0.05, 0.1) is 16.3 Å². The molecule has 2 aromatic carbocycles. The van der Waals surface area contributed by atoms with E-state index in [1.54, 1.807) is 36.7 Å². The van der Waals surface area contributed by atoms with Crippen molar-refractivity contribution in [3.8, 4) is 5.75 Å². The van der Waals surface area contributed by atoms with Gasteiger partial charge in [-0.2, -0.15) is 13.2 Å². The number of carbonyl (C=O) groups is 1. The quantitative estimate of drug-likeness (QED) is 0.399. The Bertz CT molecular complexity index is 1120. The monoisotopic (exact) mass is 504 g/mol. The Hall–Kier alpha value is -2.43. The zero-order valence-corrected chi connectivity index (χ0v) is 19.1. The van der Waals surface area contributed by atoms with Crippen LogP contribution in [0.25, 0.3) is 0 Å². The summed E-state index contributed by atoms with van der Waals surface area (Å²) in [5, 5.41) is 11.9. The smallest absolute Gasteiger partial charge is 0.416 e. The van der Waals surface area contributed by atoms with Crippen molar-refractivity contribution in [1.29, 1.82) is 0 Å². The summed E-state index contributed by atoms with van der Waals surface area (Å²) < 4.78 is 45.9. The maximum atomic E-state index is 12.8. The molecule has 1 amide bonds. The third-order valence-electron chi connectivity index (χ3n) is 4.24. The molecule has 0 spiro atoms. The molecule has 0 fully saturated rings. The van der Waals surface area contributed by atoms with E-state index < -0.39 is 23.8 Å². The van der Waals surface area contributed by atoms with E-state index in [4.69, 9.17) is 27.9 Å². The summed E-state index contributed by atoms with van der Waals surface area (Å²) in [4.78, 5) is 12.2. The zero-order chi connectivity index (χ0) is 23.5. The van der Waals surface area contributed by atoms with Gasteiger partial charge in [-0.3, -0.25) is 4.79 Å². The molecule has 0 aliphatic rings. The molecule has 0 aliphatic carbocycles. The van der Waals surface area contributed by atoms with E-state index in [1.807, 2.05) is 0 Å². The van der Waals surface area contributed by atoms with Crippen molar-refractivity contribution < 1.29 is 22.7 Å². The molecule has 0 aliphatic heterocycles. The number of hydrogen-bond acceptors (Lipinski definition) is 5. The Morgan fingerprint density at radius 2 is 1.97 bits per heavy atom. The molecule has 32 heavy (non-hydrogen) atoms. The lowest BCUT2D eigenvalue weighted by atomic mass is 10.2. The minimum atomic E-state index is -4.49. The molecule has 3 rings (SSSR count). The van der Waals surface area contributed by atoms with Crippen LogP contribution in [0.15, 0.2) is 47.6 Å². The minimum absolute atomic E-state index is 0.0611. The molecule has 1 aromatic heterocycles. The summed E-state index contributed by atoms with van der Waals surface area (Å²) in [6, 6.07) is 9.29. The molecule has 1 heterocycles. The van der Waals surface area contributed by atoms with E-state index >= 15 is 0 Å². The summed E-state index contributed by atoms with van der Waals surface area (Å²) in [7, 11) is 1.71. The lowest BCUT2D eigenvalue weighted by molar-refractivity contribution is -0.137. The molecule has 0 saturated carbocycles. The highest BCUT2D eigenvalue weighted by molar-refractivity contribution is 7.99. The summed E-state index contributed by atoms with van der Waals surface area (Å²) in [5.74, 6) is 0.384. The van der Waals surface area contributed by atoms with Gasteiger partial charge in [0.1, 0.15) is 5.75 Å². The number of rotatable bonds is 7. The fourth-order valence-electron chi connectivity index (χ4n) is 2.72. The van der Waals surface area contributed by atoms with Gasteiger partial charge >= 0.3 is 6.18 Å². The van der Waals surface area contributed by atoms with E-state index in [0.717, 1.165) is 23.9 Å². The number of carbonyl (C=O) groups excluding carboxylic acids is 1. The molecular formula is C20H17Cl2F3N4O2S. The average molecular weight is 505 g/mol. The molecule has 0 bridgehead atoms. The maximum Gasteiger partial charge on any atom is 0.416 e. The van der Waals surface area contributed by atoms with E-state index in [1.165, 1.54) is 12.1 Å². The van der Waals surface area contributed by atoms with Crippen LogP contribution >= 0.6 is 35.0 Å². The second-order valence-electron chi connectivity index (χ2n) is 6.65. The largest absolute Gasteiger partial charge is 0.481 e. The predicted molar refractivity (Wildman–Crippen MR) is 117 cm³/mol. The van der Waals surface area contributed by atoms with Crippen LogP contribution in [0.4, 0.5) is 18.9 Å². The summed E-state index contributed by atoms with van der Waals surface area (Å²) in [6.07, 6.45) is -4.99. The predicted octanol–water partition coefficient (Wildman–Crippen LogP) is 6.01. The van der Waals surface area contributed by atoms with E-state index in [9.17, 15) is 18.0 Å². The Balaban J connectivity index is 1.60. The third kappa shape index (κ3) is 6.08. The van der Waals surface area contributed by atoms with Gasteiger partial charge in [0.25, 0.3) is 0 Å². The van der Waals surface area contributed by atoms with Crippen molar-refractivity contribution >= 4 is 46.6 Å². The van der Waals surface area contributed by atoms with Gasteiger partial charge in [-0.1, -0.05) is 41.0 Å². The Kier molecular flexibility index (Phi) is 7.58. The first-order chi connectivity index (χ1) is 15.0. The van der Waals surface area contributed by atoms with Crippen LogP contribution in [0.1, 0.15) is 24.4 Å². The Labute approximate surface area is 196 Å². The van der Waals surface area contributed by atoms with Crippen molar-refractivity contribution in [2.75, 3.05) is 11.1 Å². The van der Waals surface area contributed by atoms with Crippen LogP contribution < -0.4 is 10.1 Å². The molecule has 1 atom stereocenters. The first-order valence-corrected chi connectivity index (χ1v) is 10.9. The van der Waals surface area contributed by atoms with E-state index in [-0.39, 0.29) is 11.4 Å². The van der Waals surface area contributed by atoms with Crippen molar-refractivity contribution in [3.05, 3.63) is 63.9 Å². The molecular weight excluding hydrogens is 488 g/mol. The number of anilines is 1. The molecule has 0 radical (unpaired) electrons. The van der Waals surface area contributed by atoms with Crippen molar-refractivity contribution in [3.63, 3.8) is 0 Å². The normalized spacial score (nSPS) is 12.5. The first kappa shape index (κ1) is 24.2. The van der Waals surface area contributed by atoms with Crippen LogP contribution in [-0.4, -0.2) is 26.4 Å². The number of aromatic nitrogens is 3. The Morgan fingerprint density at radius 1 is 1.22 bits per heavy atom. The zero-order valence-electron chi connectivity index (χ0n) is 16.8. The number of thioether (sulfide) groups is 1. The first-order valence-electron chi connectivity index (χ1n) is 9.15. The van der Waals surface area contributed by atoms with Crippen LogP contribution in [0, 0.1) is 0 Å². The van der Waals surface area contributed by atoms with Gasteiger partial charge < -0.3 is 14.6 Å². The number of nitrogens with zero attached hydrogens (tertiary/aromatic N) is 3. The number of hydrogen-bond donors (Lipinski definition) is 1. The molecule has 1 unspecified atom stereocenters. The number of halogens is 5. The fraction of sp³-hybridized carbons (Fsp3) is 0.250. The summed E-state index contributed by atoms with van der Waals surface area (Å²) in [6.45, 7) is 1.77. The van der Waals surface area contributed by atoms with Gasteiger partial charge in [0.15, 0.2) is 17.1 Å². The number of amides is 1. The topological polar surface area (TPSA) is 69.0 Å². The molecule has 3 aromatic rings. The summed E-state index contributed by atoms with van der Waals surface area (Å²) >= 11 is 13.1. The molecule has 1 N–H and O–H groups in total. The van der Waals surface area contributed by atoms with Gasteiger partial charge in [-0.05, 0) is 43.3 Å². The standard InChI is InChI=1S/C20H17Cl2F3N4O2S/c1-11(31-16-7-6-13(21)9-15(16)22)18-27-28-19(29(18)2)32-10-17(30)26-14-5-3-4-12(8-14)20(23,24)25/h3-9,11H,10H2,1-2H3,(H,26,30). The number of nitrogens with one attached hydrogen (secondary N) is 1. The van der Waals surface area contributed by atoms with Crippen molar-refractivity contribution in [2.24, 2.45) is 7.05 Å². The van der Waals surface area contributed by atoms with E-state index in [0.29, 0.717) is 26.8 Å². The number of ether oxygens (including phenoxy) is 1. The highest BCUT2D eigenvalue weighted by Crippen LogP contribution is 2.32. The second kappa shape index (κ2) is 10.0. The van der Waals surface area contributed by atoms with E-state index in [2.05, 4.69) is 15.5 Å². The Morgan fingerprint density at radius 3 is 2.66 bits per heavy atom. The minimum Gasteiger partial charge on any atom is -0.481 e. The lowest BCUT2D eigenvalue weighted by Crippen LogP contribution is -2.15. The average Bonchev–Trinajstić information content (AvgIpc) is 3.08. The molecule has 12 heteroatoms. The van der Waals surface area contributed by atoms with Gasteiger partial charge in [0, 0.05) is 17.8 Å². The maximum absolute atomic E-state index is 12.8. The molecule has 6 nitrogen and oxygen atoms in total. The van der Waals surface area contributed by atoms with Crippen LogP contribution in [0.2, 0.25) is 10.0 Å². The molecule has 170 valence electrons. The van der Waals surface area contributed by atoms with Gasteiger partial charge in [-0.15, -0.1) is 10.2 Å². The van der Waals surface area contributed by atoms with Gasteiger partial charge in [-0.25, -0.2) is 0 Å². The highest BCUT2D eigenvalue weighted by Gasteiger charge is 2.30. The second-order valence-corrected chi connectivity index (χ2v) is 8.44. The van der Waals surface area contributed by atoms with Crippen molar-refractivity contribution in [1.82, 2.24) is 14.8 Å². The number of benzene rings is 2. The summed E-state index contributed by atoms with van der Waals surface area (Å²) in [5.41, 5.74) is -0.776. The SMILES string of the molecule is CC(Oc1ccc(Cl)cc1Cl)c1nnc(SCC(=O)Nc2cccc(C(F)(F)F)c2)n1C. The lowest BCUT2D eigenvalue weighted by Gasteiger charge is -2.15. The van der Waals surface area contributed by atoms with Crippen LogP contribution in [0.3, 0.4) is 0 Å². The van der Waals surface area contributed by atoms with Gasteiger partial charge in [0.2, 0.25) is 5.91 Å². The third-order valence-corrected chi connectivity index (χ3v) is 5.79.